The maximum atomic E-state index is 13.9. The maximum absolute atomic E-state index is 13.9. The first-order valence-electron chi connectivity index (χ1n) is 7.24. The second-order valence-corrected chi connectivity index (χ2v) is 5.58. The number of hydrogen-bond acceptors (Lipinski definition) is 3. The van der Waals surface area contributed by atoms with Crippen LogP contribution >= 0.6 is 0 Å². The zero-order chi connectivity index (χ0) is 16.0. The van der Waals surface area contributed by atoms with Gasteiger partial charge in [-0.05, 0) is 32.9 Å². The molecule has 0 bridgehead atoms. The molecule has 1 rings (SSSR count). The Kier molecular flexibility index (Phi) is 6.62. The Balaban J connectivity index is 2.56. The Morgan fingerprint density at radius 2 is 1.95 bits per heavy atom. The van der Waals surface area contributed by atoms with Crippen molar-refractivity contribution < 1.29 is 13.9 Å². The van der Waals surface area contributed by atoms with E-state index >= 15 is 0 Å². The van der Waals surface area contributed by atoms with Gasteiger partial charge in [0.25, 0.3) is 5.91 Å². The Morgan fingerprint density at radius 3 is 2.48 bits per heavy atom. The summed E-state index contributed by atoms with van der Waals surface area (Å²) in [6, 6.07) is 4.65. The van der Waals surface area contributed by atoms with Crippen molar-refractivity contribution in [3.8, 4) is 5.75 Å². The molecule has 4 nitrogen and oxygen atoms in total. The van der Waals surface area contributed by atoms with Crippen LogP contribution in [0.5, 0.6) is 5.75 Å². The standard InChI is InChI=1S/C16H25FN2O2/c1-10(2)11(3)19-16(20)9-21-13-6-7-14(12(4)18-5)15(17)8-13/h6-8,10-12,18H,9H2,1-5H3,(H,19,20). The second-order valence-electron chi connectivity index (χ2n) is 5.58. The summed E-state index contributed by atoms with van der Waals surface area (Å²) in [4.78, 5) is 11.7. The van der Waals surface area contributed by atoms with Gasteiger partial charge >= 0.3 is 0 Å². The van der Waals surface area contributed by atoms with Gasteiger partial charge in [0.2, 0.25) is 0 Å². The molecule has 0 aliphatic heterocycles. The molecular formula is C16H25FN2O2. The van der Waals surface area contributed by atoms with E-state index in [2.05, 4.69) is 10.6 Å². The highest BCUT2D eigenvalue weighted by Crippen LogP contribution is 2.21. The molecule has 0 heterocycles. The van der Waals surface area contributed by atoms with Crippen molar-refractivity contribution >= 4 is 5.91 Å². The van der Waals surface area contributed by atoms with E-state index in [4.69, 9.17) is 4.74 Å². The minimum Gasteiger partial charge on any atom is -0.484 e. The predicted octanol–water partition coefficient (Wildman–Crippen LogP) is 2.65. The normalized spacial score (nSPS) is 13.9. The van der Waals surface area contributed by atoms with Crippen LogP contribution in [0.1, 0.15) is 39.3 Å². The van der Waals surface area contributed by atoms with Crippen LogP contribution in [0.25, 0.3) is 0 Å². The molecule has 0 spiro atoms. The minimum absolute atomic E-state index is 0.0748. The van der Waals surface area contributed by atoms with E-state index in [-0.39, 0.29) is 30.4 Å². The third-order valence-corrected chi connectivity index (χ3v) is 3.63. The van der Waals surface area contributed by atoms with Crippen molar-refractivity contribution in [2.75, 3.05) is 13.7 Å². The van der Waals surface area contributed by atoms with Crippen LogP contribution < -0.4 is 15.4 Å². The molecule has 118 valence electrons. The summed E-state index contributed by atoms with van der Waals surface area (Å²) in [5.74, 6) is 0.162. The lowest BCUT2D eigenvalue weighted by molar-refractivity contribution is -0.124. The number of amides is 1. The molecule has 2 N–H and O–H groups in total. The van der Waals surface area contributed by atoms with Crippen LogP contribution in [0.15, 0.2) is 18.2 Å². The summed E-state index contributed by atoms with van der Waals surface area (Å²) in [6.07, 6.45) is 0. The van der Waals surface area contributed by atoms with E-state index in [1.54, 1.807) is 19.2 Å². The van der Waals surface area contributed by atoms with Crippen molar-refractivity contribution in [3.63, 3.8) is 0 Å². The predicted molar refractivity (Wildman–Crippen MR) is 81.8 cm³/mol. The first kappa shape index (κ1) is 17.4. The van der Waals surface area contributed by atoms with Crippen molar-refractivity contribution in [2.24, 2.45) is 5.92 Å². The summed E-state index contributed by atoms with van der Waals surface area (Å²) in [5.41, 5.74) is 0.572. The number of nitrogens with one attached hydrogen (secondary N) is 2. The largest absolute Gasteiger partial charge is 0.484 e. The Bertz CT molecular complexity index is 477. The number of rotatable bonds is 7. The number of ether oxygens (including phenoxy) is 1. The van der Waals surface area contributed by atoms with Crippen molar-refractivity contribution in [1.29, 1.82) is 0 Å². The summed E-state index contributed by atoms with van der Waals surface area (Å²) in [5, 5.41) is 5.81. The van der Waals surface area contributed by atoms with Crippen LogP contribution in [0.3, 0.4) is 0 Å². The van der Waals surface area contributed by atoms with Gasteiger partial charge in [-0.25, -0.2) is 4.39 Å². The lowest BCUT2D eigenvalue weighted by Gasteiger charge is -2.17. The molecule has 1 aromatic carbocycles. The van der Waals surface area contributed by atoms with Gasteiger partial charge in [0.05, 0.1) is 0 Å². The molecule has 0 saturated carbocycles. The number of halogens is 1. The highest BCUT2D eigenvalue weighted by Gasteiger charge is 2.13. The molecule has 0 saturated heterocycles. The van der Waals surface area contributed by atoms with Crippen LogP contribution in [0.4, 0.5) is 4.39 Å². The fourth-order valence-corrected chi connectivity index (χ4v) is 1.72. The average molecular weight is 296 g/mol. The molecular weight excluding hydrogens is 271 g/mol. The molecule has 0 radical (unpaired) electrons. The molecule has 2 unspecified atom stereocenters. The van der Waals surface area contributed by atoms with Gasteiger partial charge in [0, 0.05) is 23.7 Å². The molecule has 5 heteroatoms. The Hall–Kier alpha value is -1.62. The quantitative estimate of drug-likeness (QED) is 0.813. The lowest BCUT2D eigenvalue weighted by atomic mass is 10.1. The first-order chi connectivity index (χ1) is 9.85. The first-order valence-corrected chi connectivity index (χ1v) is 7.24. The number of carbonyl (C=O) groups excluding carboxylic acids is 1. The minimum atomic E-state index is -0.342. The van der Waals surface area contributed by atoms with Gasteiger partial charge in [0.15, 0.2) is 6.61 Å². The summed E-state index contributed by atoms with van der Waals surface area (Å²) >= 11 is 0. The smallest absolute Gasteiger partial charge is 0.258 e. The fourth-order valence-electron chi connectivity index (χ4n) is 1.72. The number of hydrogen-bond donors (Lipinski definition) is 2. The Labute approximate surface area is 126 Å². The third-order valence-electron chi connectivity index (χ3n) is 3.63. The zero-order valence-electron chi connectivity index (χ0n) is 13.4. The molecule has 2 atom stereocenters. The van der Waals surface area contributed by atoms with E-state index in [9.17, 15) is 9.18 Å². The van der Waals surface area contributed by atoms with Crippen molar-refractivity contribution in [2.45, 2.75) is 39.8 Å². The monoisotopic (exact) mass is 296 g/mol. The maximum Gasteiger partial charge on any atom is 0.258 e. The van der Waals surface area contributed by atoms with Crippen LogP contribution in [-0.2, 0) is 4.79 Å². The van der Waals surface area contributed by atoms with Gasteiger partial charge in [-0.3, -0.25) is 4.79 Å². The van der Waals surface area contributed by atoms with Gasteiger partial charge < -0.3 is 15.4 Å². The average Bonchev–Trinajstić information content (AvgIpc) is 2.44. The van der Waals surface area contributed by atoms with E-state index in [0.29, 0.717) is 17.2 Å². The number of benzene rings is 1. The summed E-state index contributed by atoms with van der Waals surface area (Å²) in [6.45, 7) is 7.76. The third kappa shape index (κ3) is 5.34. The van der Waals surface area contributed by atoms with E-state index in [1.165, 1.54) is 6.07 Å². The van der Waals surface area contributed by atoms with Crippen LogP contribution in [0, 0.1) is 11.7 Å². The highest BCUT2D eigenvalue weighted by molar-refractivity contribution is 5.77. The van der Waals surface area contributed by atoms with E-state index in [0.717, 1.165) is 0 Å². The molecule has 0 fully saturated rings. The second kappa shape index (κ2) is 7.98. The summed E-state index contributed by atoms with van der Waals surface area (Å²) < 4.78 is 19.2. The molecule has 0 aliphatic carbocycles. The highest BCUT2D eigenvalue weighted by atomic mass is 19.1. The van der Waals surface area contributed by atoms with Gasteiger partial charge in [0.1, 0.15) is 11.6 Å². The molecule has 0 aromatic heterocycles. The zero-order valence-corrected chi connectivity index (χ0v) is 13.4. The topological polar surface area (TPSA) is 50.4 Å². The van der Waals surface area contributed by atoms with Gasteiger partial charge in [-0.15, -0.1) is 0 Å². The molecule has 0 aliphatic rings. The fraction of sp³-hybridized carbons (Fsp3) is 0.562. The SMILES string of the molecule is CNC(C)c1ccc(OCC(=O)NC(C)C(C)C)cc1F. The van der Waals surface area contributed by atoms with Crippen molar-refractivity contribution in [3.05, 3.63) is 29.6 Å². The van der Waals surface area contributed by atoms with E-state index in [1.807, 2.05) is 27.7 Å². The van der Waals surface area contributed by atoms with Gasteiger partial charge in [-0.2, -0.15) is 0 Å². The van der Waals surface area contributed by atoms with Crippen LogP contribution in [0.2, 0.25) is 0 Å². The lowest BCUT2D eigenvalue weighted by Crippen LogP contribution is -2.38. The van der Waals surface area contributed by atoms with Crippen LogP contribution in [-0.4, -0.2) is 25.6 Å². The molecule has 1 aromatic rings. The number of carbonyl (C=O) groups is 1. The summed E-state index contributed by atoms with van der Waals surface area (Å²) in [7, 11) is 1.77. The molecule has 21 heavy (non-hydrogen) atoms. The van der Waals surface area contributed by atoms with Gasteiger partial charge in [-0.1, -0.05) is 19.9 Å². The van der Waals surface area contributed by atoms with Crippen molar-refractivity contribution in [1.82, 2.24) is 10.6 Å². The molecule has 1 amide bonds. The Morgan fingerprint density at radius 1 is 1.29 bits per heavy atom. The van der Waals surface area contributed by atoms with E-state index < -0.39 is 0 Å².